The summed E-state index contributed by atoms with van der Waals surface area (Å²) in [6.07, 6.45) is 6.51. The molecule has 2 rings (SSSR count). The van der Waals surface area contributed by atoms with Gasteiger partial charge in [-0.05, 0) is 18.9 Å². The van der Waals surface area contributed by atoms with E-state index >= 15 is 0 Å². The van der Waals surface area contributed by atoms with Gasteiger partial charge in [0.25, 0.3) is 0 Å². The minimum Gasteiger partial charge on any atom is -0.363 e. The fourth-order valence-corrected chi connectivity index (χ4v) is 2.58. The Balaban J connectivity index is 2.14. The van der Waals surface area contributed by atoms with Gasteiger partial charge in [-0.2, -0.15) is 4.98 Å². The maximum absolute atomic E-state index is 6.10. The number of anilines is 2. The van der Waals surface area contributed by atoms with Crippen molar-refractivity contribution in [3.63, 3.8) is 0 Å². The van der Waals surface area contributed by atoms with Crippen LogP contribution in [0.1, 0.15) is 25.7 Å². The van der Waals surface area contributed by atoms with Crippen LogP contribution in [0.2, 0.25) is 0 Å². The van der Waals surface area contributed by atoms with E-state index < -0.39 is 0 Å². The summed E-state index contributed by atoms with van der Waals surface area (Å²) in [5.41, 5.74) is 0.0273. The minimum absolute atomic E-state index is 0.0273. The van der Waals surface area contributed by atoms with Crippen LogP contribution in [0.25, 0.3) is 0 Å². The van der Waals surface area contributed by atoms with Crippen LogP contribution in [-0.4, -0.2) is 35.5 Å². The van der Waals surface area contributed by atoms with Crippen molar-refractivity contribution in [1.82, 2.24) is 9.97 Å². The van der Waals surface area contributed by atoms with E-state index in [1.807, 2.05) is 25.1 Å². The van der Waals surface area contributed by atoms with Gasteiger partial charge in [-0.15, -0.1) is 11.6 Å². The van der Waals surface area contributed by atoms with Crippen LogP contribution in [0.5, 0.6) is 0 Å². The minimum atomic E-state index is 0.0273. The van der Waals surface area contributed by atoms with Gasteiger partial charge in [-0.25, -0.2) is 4.98 Å². The van der Waals surface area contributed by atoms with Crippen molar-refractivity contribution in [2.24, 2.45) is 0 Å². The normalized spacial score (nSPS) is 18.1. The van der Waals surface area contributed by atoms with Crippen molar-refractivity contribution in [3.8, 4) is 0 Å². The van der Waals surface area contributed by atoms with E-state index in [0.717, 1.165) is 24.6 Å². The fourth-order valence-electron chi connectivity index (χ4n) is 2.25. The first kappa shape index (κ1) is 12.4. The van der Waals surface area contributed by atoms with Crippen molar-refractivity contribution in [2.75, 3.05) is 30.2 Å². The highest BCUT2D eigenvalue weighted by atomic mass is 35.5. The molecule has 1 aliphatic carbocycles. The number of alkyl halides is 1. The second kappa shape index (κ2) is 5.08. The van der Waals surface area contributed by atoms with E-state index in [2.05, 4.69) is 15.3 Å². The zero-order chi connectivity index (χ0) is 12.3. The predicted octanol–water partition coefficient (Wildman–Crippen LogP) is 2.51. The number of aromatic nitrogens is 2. The molecule has 1 aromatic heterocycles. The largest absolute Gasteiger partial charge is 0.363 e. The monoisotopic (exact) mass is 254 g/mol. The van der Waals surface area contributed by atoms with E-state index in [1.165, 1.54) is 12.8 Å². The lowest BCUT2D eigenvalue weighted by atomic mass is 10.0. The van der Waals surface area contributed by atoms with Gasteiger partial charge in [0.15, 0.2) is 0 Å². The van der Waals surface area contributed by atoms with Crippen molar-refractivity contribution >= 4 is 23.4 Å². The Morgan fingerprint density at radius 1 is 1.41 bits per heavy atom. The summed E-state index contributed by atoms with van der Waals surface area (Å²) in [7, 11) is 3.87. The van der Waals surface area contributed by atoms with Gasteiger partial charge in [-0.1, -0.05) is 12.8 Å². The van der Waals surface area contributed by atoms with Gasteiger partial charge in [0, 0.05) is 26.2 Å². The third kappa shape index (κ3) is 2.80. The van der Waals surface area contributed by atoms with E-state index in [-0.39, 0.29) is 5.54 Å². The lowest BCUT2D eigenvalue weighted by Gasteiger charge is -2.28. The maximum Gasteiger partial charge on any atom is 0.226 e. The third-order valence-corrected chi connectivity index (χ3v) is 3.76. The fraction of sp³-hybridized carbons (Fsp3) is 0.667. The number of nitrogens with one attached hydrogen (secondary N) is 1. The molecule has 0 unspecified atom stereocenters. The lowest BCUT2D eigenvalue weighted by molar-refractivity contribution is 0.537. The second-order valence-electron chi connectivity index (χ2n) is 4.88. The molecule has 5 heteroatoms. The molecule has 1 aliphatic rings. The molecule has 0 aliphatic heterocycles. The lowest BCUT2D eigenvalue weighted by Crippen LogP contribution is -2.37. The van der Waals surface area contributed by atoms with E-state index in [1.54, 1.807) is 6.20 Å². The Hall–Kier alpha value is -1.03. The molecule has 0 spiro atoms. The molecule has 0 radical (unpaired) electrons. The number of hydrogen-bond donors (Lipinski definition) is 1. The van der Waals surface area contributed by atoms with Gasteiger partial charge in [0.1, 0.15) is 5.82 Å². The number of nitrogens with zero attached hydrogens (tertiary/aromatic N) is 3. The molecule has 1 heterocycles. The summed E-state index contributed by atoms with van der Waals surface area (Å²) in [6, 6.07) is 1.90. The second-order valence-corrected chi connectivity index (χ2v) is 5.15. The SMILES string of the molecule is CN(C)c1nccc(NC2(CCl)CCCC2)n1. The highest BCUT2D eigenvalue weighted by Crippen LogP contribution is 2.33. The van der Waals surface area contributed by atoms with Crippen LogP contribution in [0.3, 0.4) is 0 Å². The van der Waals surface area contributed by atoms with Gasteiger partial charge < -0.3 is 10.2 Å². The predicted molar refractivity (Wildman–Crippen MR) is 71.9 cm³/mol. The maximum atomic E-state index is 6.10. The van der Waals surface area contributed by atoms with Gasteiger partial charge in [0.2, 0.25) is 5.95 Å². The Kier molecular flexibility index (Phi) is 3.72. The zero-order valence-electron chi connectivity index (χ0n) is 10.4. The summed E-state index contributed by atoms with van der Waals surface area (Å²) in [5.74, 6) is 2.22. The molecule has 17 heavy (non-hydrogen) atoms. The van der Waals surface area contributed by atoms with Crippen molar-refractivity contribution in [2.45, 2.75) is 31.2 Å². The number of hydrogen-bond acceptors (Lipinski definition) is 4. The summed E-state index contributed by atoms with van der Waals surface area (Å²) >= 11 is 6.10. The van der Waals surface area contributed by atoms with Crippen LogP contribution in [0.4, 0.5) is 11.8 Å². The van der Waals surface area contributed by atoms with Crippen LogP contribution < -0.4 is 10.2 Å². The van der Waals surface area contributed by atoms with Crippen LogP contribution in [0.15, 0.2) is 12.3 Å². The molecule has 0 atom stereocenters. The van der Waals surface area contributed by atoms with Gasteiger partial charge in [0.05, 0.1) is 5.54 Å². The third-order valence-electron chi connectivity index (χ3n) is 3.25. The zero-order valence-corrected chi connectivity index (χ0v) is 11.2. The molecule has 0 amide bonds. The molecule has 1 N–H and O–H groups in total. The van der Waals surface area contributed by atoms with Crippen molar-refractivity contribution < 1.29 is 0 Å². The first-order valence-electron chi connectivity index (χ1n) is 6.00. The average Bonchev–Trinajstić information content (AvgIpc) is 2.78. The molecule has 1 aromatic rings. The molecule has 0 aromatic carbocycles. The molecule has 0 bridgehead atoms. The molecule has 1 saturated carbocycles. The Morgan fingerprint density at radius 3 is 2.71 bits per heavy atom. The molecule has 0 saturated heterocycles. The van der Waals surface area contributed by atoms with Crippen molar-refractivity contribution in [1.29, 1.82) is 0 Å². The van der Waals surface area contributed by atoms with Crippen LogP contribution in [-0.2, 0) is 0 Å². The first-order valence-corrected chi connectivity index (χ1v) is 6.53. The summed E-state index contributed by atoms with van der Waals surface area (Å²) in [6.45, 7) is 0. The van der Waals surface area contributed by atoms with E-state index in [4.69, 9.17) is 11.6 Å². The Labute approximate surface area is 107 Å². The smallest absolute Gasteiger partial charge is 0.226 e. The highest BCUT2D eigenvalue weighted by Gasteiger charge is 2.33. The molecule has 1 fully saturated rings. The quantitative estimate of drug-likeness (QED) is 0.839. The standard InChI is InChI=1S/C12H19ClN4/c1-17(2)11-14-8-5-10(15-11)16-12(9-13)6-3-4-7-12/h5,8H,3-4,6-7,9H2,1-2H3,(H,14,15,16). The van der Waals surface area contributed by atoms with Gasteiger partial charge in [-0.3, -0.25) is 0 Å². The van der Waals surface area contributed by atoms with Crippen molar-refractivity contribution in [3.05, 3.63) is 12.3 Å². The Bertz CT molecular complexity index is 375. The number of rotatable bonds is 4. The molecular formula is C12H19ClN4. The molecule has 94 valence electrons. The summed E-state index contributed by atoms with van der Waals surface area (Å²) < 4.78 is 0. The molecular weight excluding hydrogens is 236 g/mol. The topological polar surface area (TPSA) is 41.1 Å². The summed E-state index contributed by atoms with van der Waals surface area (Å²) in [5, 5.41) is 3.49. The Morgan fingerprint density at radius 2 is 2.12 bits per heavy atom. The van der Waals surface area contributed by atoms with Crippen LogP contribution in [0, 0.1) is 0 Å². The average molecular weight is 255 g/mol. The summed E-state index contributed by atoms with van der Waals surface area (Å²) in [4.78, 5) is 10.6. The highest BCUT2D eigenvalue weighted by molar-refractivity contribution is 6.18. The first-order chi connectivity index (χ1) is 8.15. The molecule has 4 nitrogen and oxygen atoms in total. The van der Waals surface area contributed by atoms with E-state index in [9.17, 15) is 0 Å². The van der Waals surface area contributed by atoms with E-state index in [0.29, 0.717) is 5.88 Å². The van der Waals surface area contributed by atoms with Crippen LogP contribution >= 0.6 is 11.6 Å². The van der Waals surface area contributed by atoms with Gasteiger partial charge >= 0.3 is 0 Å². The number of halogens is 1.